The van der Waals surface area contributed by atoms with Gasteiger partial charge < -0.3 is 15.1 Å². The van der Waals surface area contributed by atoms with Gasteiger partial charge in [-0.15, -0.1) is 11.3 Å². The zero-order valence-electron chi connectivity index (χ0n) is 12.1. The molecule has 5 nitrogen and oxygen atoms in total. The lowest BCUT2D eigenvalue weighted by molar-refractivity contribution is 0.573. The first-order valence-corrected chi connectivity index (χ1v) is 8.18. The quantitative estimate of drug-likeness (QED) is 0.673. The zero-order valence-corrected chi connectivity index (χ0v) is 12.9. The maximum Gasteiger partial charge on any atom is 0.236 e. The van der Waals surface area contributed by atoms with Crippen LogP contribution in [0.4, 0.5) is 0 Å². The van der Waals surface area contributed by atoms with E-state index < -0.39 is 0 Å². The average Bonchev–Trinajstić information content (AvgIpc) is 3.24. The second-order valence-electron chi connectivity index (χ2n) is 5.17. The van der Waals surface area contributed by atoms with Gasteiger partial charge in [0.25, 0.3) is 0 Å². The largest absolute Gasteiger partial charge is 0.443 e. The molecule has 2 aromatic heterocycles. The van der Waals surface area contributed by atoms with E-state index in [1.807, 2.05) is 17.5 Å². The van der Waals surface area contributed by atoms with Gasteiger partial charge in [0.1, 0.15) is 6.26 Å². The average molecular weight is 304 g/mol. The Morgan fingerprint density at radius 3 is 3.05 bits per heavy atom. The van der Waals surface area contributed by atoms with Gasteiger partial charge in [-0.2, -0.15) is 0 Å². The van der Waals surface area contributed by atoms with Crippen molar-refractivity contribution in [1.82, 2.24) is 15.6 Å². The number of aliphatic imine (C=N–C) groups is 1. The molecule has 0 saturated heterocycles. The maximum absolute atomic E-state index is 5.51. The minimum atomic E-state index is 0.551. The molecule has 2 aromatic rings. The van der Waals surface area contributed by atoms with E-state index in [0.29, 0.717) is 18.5 Å². The number of hydrogen-bond donors (Lipinski definition) is 2. The monoisotopic (exact) mass is 304 g/mol. The van der Waals surface area contributed by atoms with Gasteiger partial charge in [-0.25, -0.2) is 4.98 Å². The third kappa shape index (κ3) is 3.64. The molecular formula is C15H20N4OS. The summed E-state index contributed by atoms with van der Waals surface area (Å²) in [6.45, 7) is 0.612. The molecule has 6 heteroatoms. The Morgan fingerprint density at radius 2 is 2.33 bits per heavy atom. The van der Waals surface area contributed by atoms with Crippen LogP contribution in [0.15, 0.2) is 33.2 Å². The van der Waals surface area contributed by atoms with Crippen molar-refractivity contribution in [2.75, 3.05) is 7.05 Å². The molecule has 2 N–H and O–H groups in total. The van der Waals surface area contributed by atoms with E-state index in [1.54, 1.807) is 24.6 Å². The summed E-state index contributed by atoms with van der Waals surface area (Å²) in [6.07, 6.45) is 6.77. The van der Waals surface area contributed by atoms with Crippen LogP contribution in [0.25, 0.3) is 10.8 Å². The van der Waals surface area contributed by atoms with E-state index in [1.165, 1.54) is 25.7 Å². The summed E-state index contributed by atoms with van der Waals surface area (Å²) in [7, 11) is 1.80. The summed E-state index contributed by atoms with van der Waals surface area (Å²) in [4.78, 5) is 9.80. The van der Waals surface area contributed by atoms with E-state index in [0.717, 1.165) is 16.5 Å². The van der Waals surface area contributed by atoms with E-state index in [4.69, 9.17) is 4.42 Å². The van der Waals surface area contributed by atoms with Crippen molar-refractivity contribution >= 4 is 17.3 Å². The van der Waals surface area contributed by atoms with E-state index >= 15 is 0 Å². The second-order valence-corrected chi connectivity index (χ2v) is 6.12. The van der Waals surface area contributed by atoms with Gasteiger partial charge in [-0.1, -0.05) is 18.9 Å². The molecule has 0 unspecified atom stereocenters. The molecule has 112 valence electrons. The predicted molar refractivity (Wildman–Crippen MR) is 85.4 cm³/mol. The Bertz CT molecular complexity index is 585. The van der Waals surface area contributed by atoms with Crippen LogP contribution in [-0.2, 0) is 6.54 Å². The number of nitrogens with zero attached hydrogens (tertiary/aromatic N) is 2. The summed E-state index contributed by atoms with van der Waals surface area (Å²) in [5, 5.41) is 8.76. The molecule has 0 bridgehead atoms. The lowest BCUT2D eigenvalue weighted by atomic mass is 10.2. The Labute approximate surface area is 128 Å². The van der Waals surface area contributed by atoms with Crippen LogP contribution in [0.2, 0.25) is 0 Å². The summed E-state index contributed by atoms with van der Waals surface area (Å²) in [5.74, 6) is 1.52. The molecule has 2 heterocycles. The first-order valence-electron chi connectivity index (χ1n) is 7.30. The van der Waals surface area contributed by atoms with Crippen molar-refractivity contribution in [3.63, 3.8) is 0 Å². The number of guanidine groups is 1. The van der Waals surface area contributed by atoms with Crippen LogP contribution >= 0.6 is 11.3 Å². The standard InChI is InChI=1S/C15H20N4OS/c1-16-15(19-11-5-2-3-6-11)17-9-12-10-20-14(18-12)13-7-4-8-21-13/h4,7-8,10-11H,2-3,5-6,9H2,1H3,(H2,16,17,19). The van der Waals surface area contributed by atoms with Crippen molar-refractivity contribution in [3.05, 3.63) is 29.5 Å². The minimum Gasteiger partial charge on any atom is -0.443 e. The van der Waals surface area contributed by atoms with Gasteiger partial charge in [0.2, 0.25) is 5.89 Å². The van der Waals surface area contributed by atoms with E-state index in [2.05, 4.69) is 20.6 Å². The molecule has 1 aliphatic rings. The van der Waals surface area contributed by atoms with Crippen LogP contribution in [0.3, 0.4) is 0 Å². The normalized spacial score (nSPS) is 16.3. The number of aromatic nitrogens is 1. The highest BCUT2D eigenvalue weighted by Gasteiger charge is 2.16. The van der Waals surface area contributed by atoms with Crippen molar-refractivity contribution in [3.8, 4) is 10.8 Å². The Balaban J connectivity index is 1.54. The Kier molecular flexibility index (Phi) is 4.55. The number of nitrogens with one attached hydrogen (secondary N) is 2. The highest BCUT2D eigenvalue weighted by atomic mass is 32.1. The summed E-state index contributed by atoms with van der Waals surface area (Å²) in [5.41, 5.74) is 0.882. The molecule has 0 spiro atoms. The predicted octanol–water partition coefficient (Wildman–Crippen LogP) is 3.01. The number of oxazole rings is 1. The zero-order chi connectivity index (χ0) is 14.5. The molecule has 1 fully saturated rings. The van der Waals surface area contributed by atoms with Crippen LogP contribution in [0.5, 0.6) is 0 Å². The molecule has 1 aliphatic carbocycles. The molecule has 0 radical (unpaired) electrons. The fraction of sp³-hybridized carbons (Fsp3) is 0.467. The molecule has 0 atom stereocenters. The highest BCUT2D eigenvalue weighted by molar-refractivity contribution is 7.13. The van der Waals surface area contributed by atoms with Crippen LogP contribution in [-0.4, -0.2) is 24.0 Å². The molecule has 0 aromatic carbocycles. The molecule has 3 rings (SSSR count). The summed E-state index contributed by atoms with van der Waals surface area (Å²) < 4.78 is 5.51. The van der Waals surface area contributed by atoms with Crippen molar-refractivity contribution in [2.45, 2.75) is 38.3 Å². The van der Waals surface area contributed by atoms with Crippen molar-refractivity contribution < 1.29 is 4.42 Å². The smallest absolute Gasteiger partial charge is 0.236 e. The Hall–Kier alpha value is -1.82. The van der Waals surface area contributed by atoms with Crippen molar-refractivity contribution in [1.29, 1.82) is 0 Å². The van der Waals surface area contributed by atoms with Gasteiger partial charge in [-0.3, -0.25) is 4.99 Å². The van der Waals surface area contributed by atoms with Crippen molar-refractivity contribution in [2.24, 2.45) is 4.99 Å². The number of thiophene rings is 1. The number of hydrogen-bond acceptors (Lipinski definition) is 4. The first kappa shape index (κ1) is 14.1. The molecule has 0 aliphatic heterocycles. The molecular weight excluding hydrogens is 284 g/mol. The number of rotatable bonds is 4. The van der Waals surface area contributed by atoms with Crippen LogP contribution < -0.4 is 10.6 Å². The third-order valence-corrected chi connectivity index (χ3v) is 4.50. The fourth-order valence-corrected chi connectivity index (χ4v) is 3.19. The molecule has 21 heavy (non-hydrogen) atoms. The molecule has 1 saturated carbocycles. The molecule has 0 amide bonds. The van der Waals surface area contributed by atoms with Gasteiger partial charge in [0, 0.05) is 13.1 Å². The van der Waals surface area contributed by atoms with Gasteiger partial charge in [0.05, 0.1) is 17.1 Å². The third-order valence-electron chi connectivity index (χ3n) is 3.64. The van der Waals surface area contributed by atoms with E-state index in [9.17, 15) is 0 Å². The lowest BCUT2D eigenvalue weighted by Gasteiger charge is -2.16. The van der Waals surface area contributed by atoms with Gasteiger partial charge in [0.15, 0.2) is 5.96 Å². The summed E-state index contributed by atoms with van der Waals surface area (Å²) in [6, 6.07) is 4.55. The highest BCUT2D eigenvalue weighted by Crippen LogP contribution is 2.23. The SMILES string of the molecule is CN=C(NCc1coc(-c2cccs2)n1)NC1CCCC1. The minimum absolute atomic E-state index is 0.551. The van der Waals surface area contributed by atoms with Crippen LogP contribution in [0, 0.1) is 0 Å². The Morgan fingerprint density at radius 1 is 1.48 bits per heavy atom. The maximum atomic E-state index is 5.51. The summed E-state index contributed by atoms with van der Waals surface area (Å²) >= 11 is 1.63. The fourth-order valence-electron chi connectivity index (χ4n) is 2.53. The van der Waals surface area contributed by atoms with E-state index in [-0.39, 0.29) is 0 Å². The first-order chi connectivity index (χ1) is 10.3. The topological polar surface area (TPSA) is 62.5 Å². The lowest BCUT2D eigenvalue weighted by Crippen LogP contribution is -2.41. The van der Waals surface area contributed by atoms with Gasteiger partial charge >= 0.3 is 0 Å². The van der Waals surface area contributed by atoms with Crippen LogP contribution in [0.1, 0.15) is 31.4 Å². The van der Waals surface area contributed by atoms with Gasteiger partial charge in [-0.05, 0) is 24.3 Å². The second kappa shape index (κ2) is 6.76.